The van der Waals surface area contributed by atoms with Gasteiger partial charge in [0.25, 0.3) is 0 Å². The zero-order valence-electron chi connectivity index (χ0n) is 23.5. The van der Waals surface area contributed by atoms with Crippen LogP contribution >= 0.6 is 7.26 Å². The van der Waals surface area contributed by atoms with Crippen molar-refractivity contribution in [3.63, 3.8) is 0 Å². The fourth-order valence-corrected chi connectivity index (χ4v) is 11.5. The highest BCUT2D eigenvalue weighted by Gasteiger charge is 2.34. The van der Waals surface area contributed by atoms with Crippen molar-refractivity contribution < 1.29 is 28.2 Å². The molecule has 0 fully saturated rings. The van der Waals surface area contributed by atoms with E-state index in [0.29, 0.717) is 0 Å². The topological polar surface area (TPSA) is 109 Å². The first kappa shape index (κ1) is 33.8. The van der Waals surface area contributed by atoms with E-state index in [-0.39, 0.29) is 0 Å². The lowest BCUT2D eigenvalue weighted by molar-refractivity contribution is 0.0683. The largest absolute Gasteiger partial charge is 0.478 e. The second kappa shape index (κ2) is 17.4. The zero-order valence-corrected chi connectivity index (χ0v) is 25.2. The zero-order chi connectivity index (χ0) is 28.6. The van der Waals surface area contributed by atoms with Crippen LogP contribution in [-0.2, 0) is 9.84 Å². The van der Waals surface area contributed by atoms with Crippen LogP contribution < -0.4 is 0 Å². The second-order valence-electron chi connectivity index (χ2n) is 9.76. The molecule has 0 unspecified atom stereocenters. The molecule has 0 aliphatic heterocycles. The number of unbranched alkanes of at least 4 members (excludes halogenated alkanes) is 4. The van der Waals surface area contributed by atoms with Gasteiger partial charge in [0, 0.05) is 7.26 Å². The Morgan fingerprint density at radius 3 is 1.16 bits per heavy atom. The molecular formula is C30H46O6PS+. The Bertz CT molecular complexity index is 1010. The van der Waals surface area contributed by atoms with Gasteiger partial charge >= 0.3 is 11.9 Å². The molecule has 0 saturated carbocycles. The van der Waals surface area contributed by atoms with Crippen molar-refractivity contribution >= 4 is 29.0 Å². The van der Waals surface area contributed by atoms with E-state index in [1.54, 1.807) is 24.6 Å². The fraction of sp³-hybridized carbons (Fsp3) is 0.533. The molecule has 0 radical (unpaired) electrons. The maximum absolute atomic E-state index is 12.6. The van der Waals surface area contributed by atoms with Gasteiger partial charge in [-0.15, -0.1) is 0 Å². The van der Waals surface area contributed by atoms with Crippen LogP contribution in [0.2, 0.25) is 0 Å². The lowest BCUT2D eigenvalue weighted by Gasteiger charge is -2.28. The Morgan fingerprint density at radius 1 is 0.605 bits per heavy atom. The van der Waals surface area contributed by atoms with Crippen molar-refractivity contribution in [2.75, 3.05) is 24.6 Å². The van der Waals surface area contributed by atoms with Gasteiger partial charge in [-0.2, -0.15) is 0 Å². The molecule has 0 saturated heterocycles. The van der Waals surface area contributed by atoms with Crippen LogP contribution in [0.4, 0.5) is 0 Å². The summed E-state index contributed by atoms with van der Waals surface area (Å²) in [6.45, 7) is 9.42. The Morgan fingerprint density at radius 2 is 0.895 bits per heavy atom. The summed E-state index contributed by atoms with van der Waals surface area (Å²) >= 11 is 0. The molecule has 8 heteroatoms. The molecule has 0 bridgehead atoms. The van der Waals surface area contributed by atoms with E-state index in [2.05, 4.69) is 27.7 Å². The minimum absolute atomic E-state index is 0.405. The van der Waals surface area contributed by atoms with Crippen molar-refractivity contribution in [3.8, 4) is 0 Å². The van der Waals surface area contributed by atoms with Crippen LogP contribution in [0.3, 0.4) is 0 Å². The third-order valence-corrected chi connectivity index (χ3v) is 13.7. The number of carboxylic acids is 2. The third-order valence-electron chi connectivity index (χ3n) is 6.76. The first-order valence-electron chi connectivity index (χ1n) is 13.8. The van der Waals surface area contributed by atoms with Crippen LogP contribution in [0.15, 0.2) is 58.3 Å². The molecule has 0 spiro atoms. The molecule has 0 amide bonds. The Balaban J connectivity index is 0.000000391. The molecule has 2 rings (SSSR count). The van der Waals surface area contributed by atoms with E-state index in [0.717, 1.165) is 24.3 Å². The lowest BCUT2D eigenvalue weighted by atomic mass is 10.2. The van der Waals surface area contributed by atoms with Gasteiger partial charge in [0.15, 0.2) is 0 Å². The maximum atomic E-state index is 12.6. The van der Waals surface area contributed by atoms with Crippen LogP contribution in [0, 0.1) is 0 Å². The molecule has 2 aromatic rings. The fourth-order valence-electron chi connectivity index (χ4n) is 4.52. The minimum Gasteiger partial charge on any atom is -0.478 e. The van der Waals surface area contributed by atoms with E-state index < -0.39 is 50.0 Å². The normalized spacial score (nSPS) is 11.5. The summed E-state index contributed by atoms with van der Waals surface area (Å²) in [5, 5.41) is 18.1. The Labute approximate surface area is 230 Å². The second-order valence-corrected chi connectivity index (χ2v) is 16.1. The van der Waals surface area contributed by atoms with Crippen LogP contribution in [-0.4, -0.2) is 55.2 Å². The molecule has 6 nitrogen and oxygen atoms in total. The molecule has 0 heterocycles. The number of rotatable bonds is 16. The molecule has 2 aromatic carbocycles. The lowest BCUT2D eigenvalue weighted by Crippen LogP contribution is -2.13. The van der Waals surface area contributed by atoms with E-state index in [1.165, 1.54) is 75.6 Å². The van der Waals surface area contributed by atoms with Crippen LogP contribution in [0.25, 0.3) is 0 Å². The highest BCUT2D eigenvalue weighted by atomic mass is 32.2. The van der Waals surface area contributed by atoms with Gasteiger partial charge in [-0.3, -0.25) is 0 Å². The molecule has 0 aromatic heterocycles. The van der Waals surface area contributed by atoms with Gasteiger partial charge in [0.05, 0.1) is 45.6 Å². The number of aromatic carboxylic acids is 2. The van der Waals surface area contributed by atoms with E-state index in [9.17, 15) is 18.0 Å². The number of carboxylic acid groups (broad SMARTS) is 2. The number of hydrogen-bond acceptors (Lipinski definition) is 4. The minimum atomic E-state index is -4.25. The quantitative estimate of drug-likeness (QED) is 0.199. The highest BCUT2D eigenvalue weighted by Crippen LogP contribution is 2.61. The summed E-state index contributed by atoms with van der Waals surface area (Å²) in [7, 11) is -4.81. The van der Waals surface area contributed by atoms with Crippen LogP contribution in [0.1, 0.15) is 99.8 Å². The molecule has 0 aliphatic carbocycles. The smallest absolute Gasteiger partial charge is 0.337 e. The molecule has 0 atom stereocenters. The Hall–Kier alpha value is -2.24. The summed E-state index contributed by atoms with van der Waals surface area (Å²) in [5.74, 6) is -2.80. The first-order valence-corrected chi connectivity index (χ1v) is 17.9. The third kappa shape index (κ3) is 10.1. The number of sulfone groups is 1. The monoisotopic (exact) mass is 565 g/mol. The van der Waals surface area contributed by atoms with Crippen molar-refractivity contribution in [1.29, 1.82) is 0 Å². The van der Waals surface area contributed by atoms with Gasteiger partial charge in [-0.25, -0.2) is 18.0 Å². The average Bonchev–Trinajstić information content (AvgIpc) is 2.92. The predicted molar refractivity (Wildman–Crippen MR) is 158 cm³/mol. The van der Waals surface area contributed by atoms with Crippen LogP contribution in [0.5, 0.6) is 0 Å². The summed E-state index contributed by atoms with van der Waals surface area (Å²) in [6, 6.07) is 10.1. The highest BCUT2D eigenvalue weighted by molar-refractivity contribution is 7.91. The van der Waals surface area contributed by atoms with Gasteiger partial charge in [0.2, 0.25) is 9.84 Å². The number of benzene rings is 2. The molecule has 212 valence electrons. The summed E-state index contributed by atoms with van der Waals surface area (Å²) < 4.78 is 25.1. The van der Waals surface area contributed by atoms with E-state index in [1.807, 2.05) is 0 Å². The summed E-state index contributed by atoms with van der Waals surface area (Å²) in [5.41, 5.74) is -0.810. The summed E-state index contributed by atoms with van der Waals surface area (Å²) in [4.78, 5) is 21.4. The molecule has 2 N–H and O–H groups in total. The van der Waals surface area contributed by atoms with Crippen molar-refractivity contribution in [2.24, 2.45) is 0 Å². The Kier molecular flexibility index (Phi) is 15.4. The average molecular weight is 566 g/mol. The number of carbonyl (C=O) groups is 2. The van der Waals surface area contributed by atoms with Crippen molar-refractivity contribution in [2.45, 2.75) is 88.9 Å². The van der Waals surface area contributed by atoms with E-state index >= 15 is 0 Å². The summed E-state index contributed by atoms with van der Waals surface area (Å²) in [6.07, 6.45) is 17.9. The first-order chi connectivity index (χ1) is 18.1. The molecule has 0 aliphatic rings. The standard InChI is InChI=1S/C16H36P.C14H10O6S/c1-5-9-13-17(14-10-6-2,15-11-7-3)16-12-8-4;15-13(16)9-5-1-3-7-11(9)21(19,20)12-8-4-2-6-10(12)14(17)18/h5-16H2,1-4H3;1-8H,(H,15,16)(H,17,18)/q+1;. The van der Waals surface area contributed by atoms with Gasteiger partial charge in [-0.1, -0.05) is 77.6 Å². The maximum Gasteiger partial charge on any atom is 0.337 e. The molecular weight excluding hydrogens is 519 g/mol. The van der Waals surface area contributed by atoms with E-state index in [4.69, 9.17) is 10.2 Å². The van der Waals surface area contributed by atoms with Gasteiger partial charge in [0.1, 0.15) is 0 Å². The SMILES string of the molecule is CCCC[P+](CCCC)(CCCC)CCCC.O=C(O)c1ccccc1S(=O)(=O)c1ccccc1C(=O)O. The number of hydrogen-bond donors (Lipinski definition) is 2. The van der Waals surface area contributed by atoms with Crippen molar-refractivity contribution in [1.82, 2.24) is 0 Å². The molecule has 38 heavy (non-hydrogen) atoms. The predicted octanol–water partition coefficient (Wildman–Crippen LogP) is 8.12. The van der Waals surface area contributed by atoms with Crippen molar-refractivity contribution in [3.05, 3.63) is 59.7 Å². The van der Waals surface area contributed by atoms with Gasteiger partial charge < -0.3 is 10.2 Å². The van der Waals surface area contributed by atoms with Gasteiger partial charge in [-0.05, 0) is 49.9 Å².